The van der Waals surface area contributed by atoms with Crippen molar-refractivity contribution in [3.8, 4) is 0 Å². The smallest absolute Gasteiger partial charge is 0.226 e. The van der Waals surface area contributed by atoms with E-state index >= 15 is 0 Å². The molecule has 0 saturated heterocycles. The highest BCUT2D eigenvalue weighted by molar-refractivity contribution is 7.99. The van der Waals surface area contributed by atoms with E-state index in [1.54, 1.807) is 18.3 Å². The number of nitrogen functional groups attached to an aromatic ring is 1. The zero-order valence-electron chi connectivity index (χ0n) is 11.7. The largest absolute Gasteiger partial charge is 0.397 e. The summed E-state index contributed by atoms with van der Waals surface area (Å²) in [5.74, 6) is 0.0593. The van der Waals surface area contributed by atoms with Gasteiger partial charge in [0.2, 0.25) is 5.91 Å². The van der Waals surface area contributed by atoms with E-state index in [1.807, 2.05) is 11.8 Å². The maximum absolute atomic E-state index is 12.0. The van der Waals surface area contributed by atoms with Gasteiger partial charge < -0.3 is 11.1 Å². The number of pyridine rings is 1. The summed E-state index contributed by atoms with van der Waals surface area (Å²) in [5.41, 5.74) is 6.96. The molecular weight excluding hydrogens is 294 g/mol. The number of nitrogens with zero attached hydrogens (tertiary/aromatic N) is 1. The summed E-state index contributed by atoms with van der Waals surface area (Å²) in [7, 11) is 0. The number of thioether (sulfide) groups is 1. The molecule has 0 aromatic carbocycles. The lowest BCUT2D eigenvalue weighted by Crippen LogP contribution is -2.39. The van der Waals surface area contributed by atoms with E-state index in [0.717, 1.165) is 18.5 Å². The predicted octanol–water partition coefficient (Wildman–Crippen LogP) is 2.42. The summed E-state index contributed by atoms with van der Waals surface area (Å²) in [4.78, 5) is 16.1. The molecule has 0 aliphatic heterocycles. The van der Waals surface area contributed by atoms with Crippen LogP contribution in [-0.4, -0.2) is 28.4 Å². The molecule has 1 aromatic heterocycles. The summed E-state index contributed by atoms with van der Waals surface area (Å²) < 4.78 is 0. The number of hydrogen-bond acceptors (Lipinski definition) is 4. The van der Waals surface area contributed by atoms with E-state index in [-0.39, 0.29) is 18.3 Å². The number of nitrogens with one attached hydrogen (secondary N) is 1. The van der Waals surface area contributed by atoms with Crippen molar-refractivity contribution in [2.45, 2.75) is 43.4 Å². The molecule has 2 unspecified atom stereocenters. The van der Waals surface area contributed by atoms with Gasteiger partial charge in [0.25, 0.3) is 0 Å². The van der Waals surface area contributed by atoms with Crippen LogP contribution in [0.2, 0.25) is 0 Å². The summed E-state index contributed by atoms with van der Waals surface area (Å²) in [6.07, 6.45) is 8.73. The molecule has 0 radical (unpaired) electrons. The van der Waals surface area contributed by atoms with Crippen molar-refractivity contribution in [3.63, 3.8) is 0 Å². The van der Waals surface area contributed by atoms with E-state index < -0.39 is 0 Å². The molecule has 112 valence electrons. The second-order valence-corrected chi connectivity index (χ2v) is 6.19. The molecular formula is C14H22ClN3OS. The van der Waals surface area contributed by atoms with Crippen molar-refractivity contribution < 1.29 is 4.79 Å². The first-order valence-corrected chi connectivity index (χ1v) is 7.98. The van der Waals surface area contributed by atoms with Gasteiger partial charge in [0.05, 0.1) is 18.3 Å². The van der Waals surface area contributed by atoms with Gasteiger partial charge in [-0.15, -0.1) is 12.4 Å². The van der Waals surface area contributed by atoms with Crippen LogP contribution < -0.4 is 11.1 Å². The van der Waals surface area contributed by atoms with Gasteiger partial charge in [0.15, 0.2) is 0 Å². The quantitative estimate of drug-likeness (QED) is 0.895. The van der Waals surface area contributed by atoms with Crippen molar-refractivity contribution in [3.05, 3.63) is 24.0 Å². The molecule has 1 saturated carbocycles. The fourth-order valence-corrected chi connectivity index (χ4v) is 3.30. The molecule has 1 aliphatic carbocycles. The van der Waals surface area contributed by atoms with Crippen LogP contribution in [0, 0.1) is 0 Å². The molecule has 1 heterocycles. The molecule has 6 heteroatoms. The third-order valence-corrected chi connectivity index (χ3v) is 4.61. The van der Waals surface area contributed by atoms with E-state index in [4.69, 9.17) is 5.73 Å². The highest BCUT2D eigenvalue weighted by Gasteiger charge is 2.22. The van der Waals surface area contributed by atoms with E-state index in [9.17, 15) is 4.79 Å². The molecule has 1 aliphatic rings. The Balaban J connectivity index is 0.00000200. The third kappa shape index (κ3) is 5.21. The summed E-state index contributed by atoms with van der Waals surface area (Å²) >= 11 is 1.90. The summed E-state index contributed by atoms with van der Waals surface area (Å²) in [6.45, 7) is 0. The minimum Gasteiger partial charge on any atom is -0.397 e. The number of hydrogen-bond donors (Lipinski definition) is 2. The fraction of sp³-hybridized carbons (Fsp3) is 0.571. The van der Waals surface area contributed by atoms with Crippen LogP contribution in [0.25, 0.3) is 0 Å². The normalized spacial score (nSPS) is 21.9. The van der Waals surface area contributed by atoms with Crippen LogP contribution in [0.15, 0.2) is 18.3 Å². The minimum atomic E-state index is 0. The lowest BCUT2D eigenvalue weighted by atomic mass is 9.95. The van der Waals surface area contributed by atoms with Crippen LogP contribution in [0.5, 0.6) is 0 Å². The lowest BCUT2D eigenvalue weighted by molar-refractivity contribution is -0.121. The molecule has 1 amide bonds. The Morgan fingerprint density at radius 3 is 2.95 bits per heavy atom. The SMILES string of the molecule is CSC1CCCC(NC(=O)Cc2ccc(N)cn2)C1.Cl. The highest BCUT2D eigenvalue weighted by atomic mass is 35.5. The maximum Gasteiger partial charge on any atom is 0.226 e. The lowest BCUT2D eigenvalue weighted by Gasteiger charge is -2.28. The number of aromatic nitrogens is 1. The molecule has 4 nitrogen and oxygen atoms in total. The van der Waals surface area contributed by atoms with Crippen LogP contribution in [-0.2, 0) is 11.2 Å². The highest BCUT2D eigenvalue weighted by Crippen LogP contribution is 2.26. The number of carbonyl (C=O) groups excluding carboxylic acids is 1. The van der Waals surface area contributed by atoms with Crippen molar-refractivity contribution in [1.29, 1.82) is 0 Å². The van der Waals surface area contributed by atoms with E-state index in [0.29, 0.717) is 23.4 Å². The summed E-state index contributed by atoms with van der Waals surface area (Å²) in [5, 5.41) is 3.81. The minimum absolute atomic E-state index is 0. The van der Waals surface area contributed by atoms with Gasteiger partial charge in [-0.05, 0) is 37.7 Å². The average molecular weight is 316 g/mol. The Morgan fingerprint density at radius 2 is 2.30 bits per heavy atom. The topological polar surface area (TPSA) is 68.0 Å². The molecule has 0 bridgehead atoms. The maximum atomic E-state index is 12.0. The van der Waals surface area contributed by atoms with Crippen LogP contribution >= 0.6 is 24.2 Å². The van der Waals surface area contributed by atoms with Crippen LogP contribution in [0.4, 0.5) is 5.69 Å². The second-order valence-electron chi connectivity index (χ2n) is 5.05. The average Bonchev–Trinajstić information content (AvgIpc) is 2.41. The molecule has 20 heavy (non-hydrogen) atoms. The first-order chi connectivity index (χ1) is 9.17. The van der Waals surface area contributed by atoms with E-state index in [1.165, 1.54) is 12.8 Å². The van der Waals surface area contributed by atoms with Gasteiger partial charge in [0, 0.05) is 17.0 Å². The standard InChI is InChI=1S/C14H21N3OS.ClH/c1-19-13-4-2-3-12(7-13)17-14(18)8-11-6-5-10(15)9-16-11;/h5-6,9,12-13H,2-4,7-8,15H2,1H3,(H,17,18);1H. The number of nitrogens with two attached hydrogens (primary N) is 1. The molecule has 0 spiro atoms. The van der Waals surface area contributed by atoms with Gasteiger partial charge in [-0.25, -0.2) is 0 Å². The Morgan fingerprint density at radius 1 is 1.50 bits per heavy atom. The Hall–Kier alpha value is -0.940. The molecule has 3 N–H and O–H groups in total. The van der Waals surface area contributed by atoms with Crippen molar-refractivity contribution >= 4 is 35.8 Å². The first kappa shape index (κ1) is 17.1. The number of amides is 1. The second kappa shape index (κ2) is 8.37. The number of halogens is 1. The number of carbonyl (C=O) groups is 1. The van der Waals surface area contributed by atoms with Crippen molar-refractivity contribution in [1.82, 2.24) is 10.3 Å². The first-order valence-electron chi connectivity index (χ1n) is 6.70. The number of anilines is 1. The van der Waals surface area contributed by atoms with Crippen molar-refractivity contribution in [2.75, 3.05) is 12.0 Å². The molecule has 1 aromatic rings. The Labute approximate surface area is 130 Å². The van der Waals surface area contributed by atoms with Crippen LogP contribution in [0.1, 0.15) is 31.4 Å². The van der Waals surface area contributed by atoms with Gasteiger partial charge in [0.1, 0.15) is 0 Å². The predicted molar refractivity (Wildman–Crippen MR) is 87.3 cm³/mol. The van der Waals surface area contributed by atoms with E-state index in [2.05, 4.69) is 16.6 Å². The van der Waals surface area contributed by atoms with Gasteiger partial charge >= 0.3 is 0 Å². The van der Waals surface area contributed by atoms with Gasteiger partial charge in [-0.3, -0.25) is 9.78 Å². The fourth-order valence-electron chi connectivity index (χ4n) is 2.47. The Bertz CT molecular complexity index is 427. The number of rotatable bonds is 4. The van der Waals surface area contributed by atoms with Gasteiger partial charge in [-0.2, -0.15) is 11.8 Å². The molecule has 1 fully saturated rings. The van der Waals surface area contributed by atoms with Crippen molar-refractivity contribution in [2.24, 2.45) is 0 Å². The zero-order chi connectivity index (χ0) is 13.7. The summed E-state index contributed by atoms with van der Waals surface area (Å²) in [6, 6.07) is 3.91. The monoisotopic (exact) mass is 315 g/mol. The third-order valence-electron chi connectivity index (χ3n) is 3.51. The zero-order valence-corrected chi connectivity index (χ0v) is 13.3. The molecule has 2 atom stereocenters. The van der Waals surface area contributed by atoms with Gasteiger partial charge in [-0.1, -0.05) is 6.42 Å². The molecule has 2 rings (SSSR count). The Kier molecular flexibility index (Phi) is 7.16. The van der Waals surface area contributed by atoms with Crippen LogP contribution in [0.3, 0.4) is 0 Å².